The van der Waals surface area contributed by atoms with Crippen LogP contribution in [0.3, 0.4) is 0 Å². The number of aliphatic hydroxyl groups is 1. The van der Waals surface area contributed by atoms with E-state index in [4.69, 9.17) is 5.11 Å². The summed E-state index contributed by atoms with van der Waals surface area (Å²) in [6.07, 6.45) is 3.40. The van der Waals surface area contributed by atoms with E-state index in [1.807, 2.05) is 13.8 Å². The third-order valence-corrected chi connectivity index (χ3v) is 3.28. The Kier molecular flexibility index (Phi) is 5.77. The maximum atomic E-state index is 11.5. The van der Waals surface area contributed by atoms with Crippen molar-refractivity contribution in [1.29, 1.82) is 0 Å². The maximum Gasteiger partial charge on any atom is 0.233 e. The molecular weight excluding hydrogens is 204 g/mol. The molecule has 0 aromatic heterocycles. The van der Waals surface area contributed by atoms with Gasteiger partial charge >= 0.3 is 0 Å². The Morgan fingerprint density at radius 3 is 2.69 bits per heavy atom. The Bertz CT molecular complexity index is 219. The number of carbonyl (C=O) groups is 1. The van der Waals surface area contributed by atoms with Gasteiger partial charge in [-0.2, -0.15) is 0 Å². The van der Waals surface area contributed by atoms with Crippen LogP contribution in [-0.2, 0) is 4.79 Å². The largest absolute Gasteiger partial charge is 0.396 e. The second kappa shape index (κ2) is 6.86. The number of amides is 1. The lowest BCUT2D eigenvalue weighted by Gasteiger charge is -2.18. The molecule has 2 unspecified atom stereocenters. The quantitative estimate of drug-likeness (QED) is 0.621. The molecule has 4 nitrogen and oxygen atoms in total. The van der Waals surface area contributed by atoms with Gasteiger partial charge in [0.2, 0.25) is 5.91 Å². The van der Waals surface area contributed by atoms with Crippen molar-refractivity contribution in [2.45, 2.75) is 39.2 Å². The SMILES string of the molecule is CC(C)NCC(=O)NCC1CCCC1CO. The summed E-state index contributed by atoms with van der Waals surface area (Å²) in [6.45, 7) is 5.39. The first-order valence-electron chi connectivity index (χ1n) is 6.24. The van der Waals surface area contributed by atoms with Crippen LogP contribution in [-0.4, -0.2) is 36.8 Å². The van der Waals surface area contributed by atoms with Gasteiger partial charge in [-0.25, -0.2) is 0 Å². The molecule has 0 aromatic rings. The first-order valence-corrected chi connectivity index (χ1v) is 6.24. The molecule has 3 N–H and O–H groups in total. The van der Waals surface area contributed by atoms with Crippen LogP contribution in [0.5, 0.6) is 0 Å². The molecule has 2 atom stereocenters. The topological polar surface area (TPSA) is 61.4 Å². The lowest BCUT2D eigenvalue weighted by molar-refractivity contribution is -0.120. The van der Waals surface area contributed by atoms with E-state index in [1.165, 1.54) is 6.42 Å². The summed E-state index contributed by atoms with van der Waals surface area (Å²) in [7, 11) is 0. The number of hydrogen-bond donors (Lipinski definition) is 3. The highest BCUT2D eigenvalue weighted by atomic mass is 16.3. The Labute approximate surface area is 97.8 Å². The van der Waals surface area contributed by atoms with Gasteiger partial charge in [-0.3, -0.25) is 4.79 Å². The fraction of sp³-hybridized carbons (Fsp3) is 0.917. The molecule has 1 aliphatic carbocycles. The maximum absolute atomic E-state index is 11.5. The first-order chi connectivity index (χ1) is 7.63. The van der Waals surface area contributed by atoms with Crippen molar-refractivity contribution in [2.75, 3.05) is 19.7 Å². The van der Waals surface area contributed by atoms with Crippen LogP contribution in [0, 0.1) is 11.8 Å². The summed E-state index contributed by atoms with van der Waals surface area (Å²) in [5.74, 6) is 0.906. The van der Waals surface area contributed by atoms with Crippen LogP contribution >= 0.6 is 0 Å². The second-order valence-corrected chi connectivity index (χ2v) is 4.97. The predicted molar refractivity (Wildman–Crippen MR) is 64.1 cm³/mol. The second-order valence-electron chi connectivity index (χ2n) is 4.97. The highest BCUT2D eigenvalue weighted by molar-refractivity contribution is 5.77. The molecule has 0 bridgehead atoms. The van der Waals surface area contributed by atoms with Gasteiger partial charge in [0, 0.05) is 19.2 Å². The molecule has 0 aliphatic heterocycles. The molecule has 1 rings (SSSR count). The smallest absolute Gasteiger partial charge is 0.233 e. The van der Waals surface area contributed by atoms with Gasteiger partial charge in [0.1, 0.15) is 0 Å². The van der Waals surface area contributed by atoms with Crippen molar-refractivity contribution in [1.82, 2.24) is 10.6 Å². The molecule has 94 valence electrons. The zero-order valence-corrected chi connectivity index (χ0v) is 10.3. The minimum atomic E-state index is 0.0530. The van der Waals surface area contributed by atoms with Crippen molar-refractivity contribution in [3.8, 4) is 0 Å². The predicted octanol–water partition coefficient (Wildman–Crippen LogP) is 0.509. The van der Waals surface area contributed by atoms with Crippen LogP contribution in [0.1, 0.15) is 33.1 Å². The Hall–Kier alpha value is -0.610. The highest BCUT2D eigenvalue weighted by Crippen LogP contribution is 2.30. The molecule has 0 spiro atoms. The Morgan fingerprint density at radius 2 is 2.06 bits per heavy atom. The van der Waals surface area contributed by atoms with Crippen LogP contribution in [0.25, 0.3) is 0 Å². The van der Waals surface area contributed by atoms with E-state index in [-0.39, 0.29) is 12.5 Å². The minimum Gasteiger partial charge on any atom is -0.396 e. The van der Waals surface area contributed by atoms with Gasteiger partial charge in [-0.05, 0) is 24.7 Å². The number of aliphatic hydroxyl groups excluding tert-OH is 1. The third-order valence-electron chi connectivity index (χ3n) is 3.28. The summed E-state index contributed by atoms with van der Waals surface area (Å²) in [5.41, 5.74) is 0. The molecule has 1 saturated carbocycles. The zero-order chi connectivity index (χ0) is 12.0. The monoisotopic (exact) mass is 228 g/mol. The van der Waals surface area contributed by atoms with E-state index in [1.54, 1.807) is 0 Å². The average molecular weight is 228 g/mol. The van der Waals surface area contributed by atoms with Crippen molar-refractivity contribution >= 4 is 5.91 Å². The molecule has 0 radical (unpaired) electrons. The van der Waals surface area contributed by atoms with Crippen molar-refractivity contribution < 1.29 is 9.90 Å². The summed E-state index contributed by atoms with van der Waals surface area (Å²) < 4.78 is 0. The summed E-state index contributed by atoms with van der Waals surface area (Å²) >= 11 is 0. The number of nitrogens with one attached hydrogen (secondary N) is 2. The molecule has 0 aromatic carbocycles. The average Bonchev–Trinajstić information content (AvgIpc) is 2.70. The Morgan fingerprint density at radius 1 is 1.38 bits per heavy atom. The normalized spacial score (nSPS) is 25.0. The number of hydrogen-bond acceptors (Lipinski definition) is 3. The van der Waals surface area contributed by atoms with Crippen molar-refractivity contribution in [3.05, 3.63) is 0 Å². The lowest BCUT2D eigenvalue weighted by atomic mass is 9.97. The lowest BCUT2D eigenvalue weighted by Crippen LogP contribution is -2.39. The summed E-state index contributed by atoms with van der Waals surface area (Å²) in [4.78, 5) is 11.5. The van der Waals surface area contributed by atoms with Gasteiger partial charge < -0.3 is 15.7 Å². The number of carbonyl (C=O) groups excluding carboxylic acids is 1. The Balaban J connectivity index is 2.16. The van der Waals surface area contributed by atoms with Crippen LogP contribution < -0.4 is 10.6 Å². The highest BCUT2D eigenvalue weighted by Gasteiger charge is 2.26. The van der Waals surface area contributed by atoms with E-state index in [0.717, 1.165) is 12.8 Å². The summed E-state index contributed by atoms with van der Waals surface area (Å²) in [6, 6.07) is 0.336. The molecule has 4 heteroatoms. The van der Waals surface area contributed by atoms with E-state index >= 15 is 0 Å². The van der Waals surface area contributed by atoms with E-state index in [2.05, 4.69) is 10.6 Å². The molecule has 1 amide bonds. The zero-order valence-electron chi connectivity index (χ0n) is 10.3. The van der Waals surface area contributed by atoms with E-state index in [9.17, 15) is 4.79 Å². The fourth-order valence-corrected chi connectivity index (χ4v) is 2.23. The van der Waals surface area contributed by atoms with E-state index in [0.29, 0.717) is 31.0 Å². The fourth-order valence-electron chi connectivity index (χ4n) is 2.23. The first kappa shape index (κ1) is 13.5. The number of rotatable bonds is 6. The molecule has 16 heavy (non-hydrogen) atoms. The van der Waals surface area contributed by atoms with Gasteiger partial charge in [0.05, 0.1) is 6.54 Å². The minimum absolute atomic E-state index is 0.0530. The molecular formula is C12H24N2O2. The van der Waals surface area contributed by atoms with Crippen LogP contribution in [0.15, 0.2) is 0 Å². The van der Waals surface area contributed by atoms with Gasteiger partial charge in [0.15, 0.2) is 0 Å². The van der Waals surface area contributed by atoms with Crippen LogP contribution in [0.4, 0.5) is 0 Å². The molecule has 1 fully saturated rings. The van der Waals surface area contributed by atoms with Crippen LogP contribution in [0.2, 0.25) is 0 Å². The van der Waals surface area contributed by atoms with E-state index < -0.39 is 0 Å². The van der Waals surface area contributed by atoms with Gasteiger partial charge in [-0.1, -0.05) is 20.3 Å². The molecule has 0 heterocycles. The summed E-state index contributed by atoms with van der Waals surface area (Å²) in [5, 5.41) is 15.2. The van der Waals surface area contributed by atoms with Crippen molar-refractivity contribution in [2.24, 2.45) is 11.8 Å². The van der Waals surface area contributed by atoms with Crippen molar-refractivity contribution in [3.63, 3.8) is 0 Å². The van der Waals surface area contributed by atoms with Gasteiger partial charge in [0.25, 0.3) is 0 Å². The molecule has 0 saturated heterocycles. The third kappa shape index (κ3) is 4.49. The molecule has 1 aliphatic rings. The standard InChI is InChI=1S/C12H24N2O2/c1-9(2)13-7-12(16)14-6-10-4-3-5-11(10)8-15/h9-11,13,15H,3-8H2,1-2H3,(H,14,16). The van der Waals surface area contributed by atoms with Gasteiger partial charge in [-0.15, -0.1) is 0 Å².